The van der Waals surface area contributed by atoms with E-state index in [2.05, 4.69) is 4.98 Å². The zero-order chi connectivity index (χ0) is 13.0. The molecule has 17 heavy (non-hydrogen) atoms. The number of H-pyrrole nitrogens is 1. The van der Waals surface area contributed by atoms with Crippen molar-refractivity contribution >= 4 is 22.5 Å². The maximum absolute atomic E-state index is 11.2. The third-order valence-corrected chi connectivity index (χ3v) is 2.41. The van der Waals surface area contributed by atoms with Crippen LogP contribution in [0.1, 0.15) is 48.5 Å². The summed E-state index contributed by atoms with van der Waals surface area (Å²) in [7, 11) is 0. The van der Waals surface area contributed by atoms with Gasteiger partial charge in [-0.3, -0.25) is 9.59 Å². The second-order valence-electron chi connectivity index (χ2n) is 3.60. The van der Waals surface area contributed by atoms with Gasteiger partial charge in [0.25, 0.3) is 0 Å². The zero-order valence-electron chi connectivity index (χ0n) is 10.6. The van der Waals surface area contributed by atoms with Crippen LogP contribution in [0.2, 0.25) is 0 Å². The summed E-state index contributed by atoms with van der Waals surface area (Å²) in [5.41, 5.74) is 2.12. The molecule has 2 aromatic rings. The van der Waals surface area contributed by atoms with Crippen molar-refractivity contribution in [1.82, 2.24) is 4.98 Å². The highest BCUT2D eigenvalue weighted by atomic mass is 16.1. The first-order chi connectivity index (χ1) is 8.08. The quantitative estimate of drug-likeness (QED) is 0.803. The molecule has 0 aliphatic heterocycles. The Kier molecular flexibility index (Phi) is 4.21. The van der Waals surface area contributed by atoms with Gasteiger partial charge < -0.3 is 4.98 Å². The van der Waals surface area contributed by atoms with E-state index in [1.165, 1.54) is 13.8 Å². The van der Waals surface area contributed by atoms with Crippen molar-refractivity contribution in [3.05, 3.63) is 35.5 Å². The van der Waals surface area contributed by atoms with Gasteiger partial charge in [-0.25, -0.2) is 0 Å². The minimum Gasteiger partial charge on any atom is -0.352 e. The highest BCUT2D eigenvalue weighted by Crippen LogP contribution is 2.17. The zero-order valence-corrected chi connectivity index (χ0v) is 10.6. The summed E-state index contributed by atoms with van der Waals surface area (Å²) in [6, 6.07) is 7.13. The lowest BCUT2D eigenvalue weighted by molar-refractivity contribution is 0.100. The standard InChI is InChI=1S/C12H11NO2.C2H6/c1-7(14)9-3-4-11-10(5-9)6-12(13-11)8(2)15;1-2/h3-6,13H,1-2H3;1-2H3. The fraction of sp³-hybridized carbons (Fsp3) is 0.286. The number of carbonyl (C=O) groups excluding carboxylic acids is 2. The van der Waals surface area contributed by atoms with E-state index in [0.29, 0.717) is 11.3 Å². The molecule has 0 spiro atoms. The molecule has 2 rings (SSSR count). The van der Waals surface area contributed by atoms with Crippen LogP contribution in [-0.2, 0) is 0 Å². The number of aromatic amines is 1. The van der Waals surface area contributed by atoms with Crippen molar-refractivity contribution in [2.75, 3.05) is 0 Å². The van der Waals surface area contributed by atoms with Crippen LogP contribution in [0.3, 0.4) is 0 Å². The number of rotatable bonds is 2. The van der Waals surface area contributed by atoms with Crippen LogP contribution in [0.4, 0.5) is 0 Å². The summed E-state index contributed by atoms with van der Waals surface area (Å²) in [6.45, 7) is 7.04. The maximum Gasteiger partial charge on any atom is 0.175 e. The minimum absolute atomic E-state index is 0.00410. The van der Waals surface area contributed by atoms with Gasteiger partial charge in [0, 0.05) is 23.4 Å². The Morgan fingerprint density at radius 2 is 1.65 bits per heavy atom. The fourth-order valence-corrected chi connectivity index (χ4v) is 1.54. The molecule has 0 amide bonds. The van der Waals surface area contributed by atoms with Gasteiger partial charge in [0.15, 0.2) is 11.6 Å². The molecule has 3 heteroatoms. The summed E-state index contributed by atoms with van der Waals surface area (Å²) >= 11 is 0. The van der Waals surface area contributed by atoms with Crippen molar-refractivity contribution < 1.29 is 9.59 Å². The Labute approximate surface area is 101 Å². The first-order valence-corrected chi connectivity index (χ1v) is 5.72. The van der Waals surface area contributed by atoms with Crippen LogP contribution < -0.4 is 0 Å². The van der Waals surface area contributed by atoms with Crippen LogP contribution in [0.15, 0.2) is 24.3 Å². The van der Waals surface area contributed by atoms with Gasteiger partial charge in [-0.15, -0.1) is 0 Å². The third-order valence-electron chi connectivity index (χ3n) is 2.41. The maximum atomic E-state index is 11.2. The van der Waals surface area contributed by atoms with E-state index >= 15 is 0 Å². The number of carbonyl (C=O) groups is 2. The molecular weight excluding hydrogens is 214 g/mol. The third kappa shape index (κ3) is 2.81. The number of ketones is 2. The van der Waals surface area contributed by atoms with Gasteiger partial charge in [-0.05, 0) is 31.2 Å². The highest BCUT2D eigenvalue weighted by molar-refractivity contribution is 6.01. The molecule has 3 nitrogen and oxygen atoms in total. The molecule has 1 aromatic heterocycles. The van der Waals surface area contributed by atoms with E-state index in [1.807, 2.05) is 19.9 Å². The first-order valence-electron chi connectivity index (χ1n) is 5.72. The number of nitrogens with one attached hydrogen (secondary N) is 1. The van der Waals surface area contributed by atoms with E-state index < -0.39 is 0 Å². The molecule has 0 saturated heterocycles. The van der Waals surface area contributed by atoms with Crippen LogP contribution in [0, 0.1) is 0 Å². The van der Waals surface area contributed by atoms with E-state index in [0.717, 1.165) is 10.9 Å². The number of fused-ring (bicyclic) bond motifs is 1. The Bertz CT molecular complexity index is 540. The largest absolute Gasteiger partial charge is 0.352 e. The van der Waals surface area contributed by atoms with Crippen LogP contribution in [0.25, 0.3) is 10.9 Å². The lowest BCUT2D eigenvalue weighted by Crippen LogP contribution is -1.90. The lowest BCUT2D eigenvalue weighted by atomic mass is 10.1. The highest BCUT2D eigenvalue weighted by Gasteiger charge is 2.06. The van der Waals surface area contributed by atoms with Crippen LogP contribution >= 0.6 is 0 Å². The molecule has 0 saturated carbocycles. The lowest BCUT2D eigenvalue weighted by Gasteiger charge is -1.94. The van der Waals surface area contributed by atoms with Gasteiger partial charge in [-0.2, -0.15) is 0 Å². The predicted molar refractivity (Wildman–Crippen MR) is 69.7 cm³/mol. The molecule has 0 aliphatic carbocycles. The van der Waals surface area contributed by atoms with E-state index in [9.17, 15) is 9.59 Å². The topological polar surface area (TPSA) is 49.9 Å². The van der Waals surface area contributed by atoms with Crippen molar-refractivity contribution in [2.24, 2.45) is 0 Å². The molecule has 0 radical (unpaired) electrons. The van der Waals surface area contributed by atoms with E-state index in [-0.39, 0.29) is 11.6 Å². The summed E-state index contributed by atoms with van der Waals surface area (Å²) in [4.78, 5) is 25.3. The Balaban J connectivity index is 0.000000686. The van der Waals surface area contributed by atoms with Crippen LogP contribution in [-0.4, -0.2) is 16.6 Å². The van der Waals surface area contributed by atoms with Crippen LogP contribution in [0.5, 0.6) is 0 Å². The minimum atomic E-state index is -0.00410. The van der Waals surface area contributed by atoms with Gasteiger partial charge in [0.05, 0.1) is 5.69 Å². The molecule has 1 aromatic carbocycles. The smallest absolute Gasteiger partial charge is 0.175 e. The summed E-state index contributed by atoms with van der Waals surface area (Å²) in [5.74, 6) is 0.0260. The van der Waals surface area contributed by atoms with Crippen molar-refractivity contribution in [3.8, 4) is 0 Å². The molecule has 90 valence electrons. The average molecular weight is 231 g/mol. The average Bonchev–Trinajstić information content (AvgIpc) is 2.74. The SMILES string of the molecule is CC.CC(=O)c1ccc2[nH]c(C(C)=O)cc2c1. The monoisotopic (exact) mass is 231 g/mol. The Hall–Kier alpha value is -1.90. The Morgan fingerprint density at radius 3 is 2.18 bits per heavy atom. The van der Waals surface area contributed by atoms with E-state index in [1.54, 1.807) is 18.2 Å². The Morgan fingerprint density at radius 1 is 1.00 bits per heavy atom. The number of aromatic nitrogens is 1. The summed E-state index contributed by atoms with van der Waals surface area (Å²) in [5, 5.41) is 0.896. The molecule has 0 fully saturated rings. The molecular formula is C14H17NO2. The fourth-order valence-electron chi connectivity index (χ4n) is 1.54. The van der Waals surface area contributed by atoms with E-state index in [4.69, 9.17) is 0 Å². The number of benzene rings is 1. The molecule has 0 unspecified atom stereocenters. The first kappa shape index (κ1) is 13.2. The van der Waals surface area contributed by atoms with Gasteiger partial charge in [0.1, 0.15) is 0 Å². The summed E-state index contributed by atoms with van der Waals surface area (Å²) in [6.07, 6.45) is 0. The number of hydrogen-bond acceptors (Lipinski definition) is 2. The molecule has 1 N–H and O–H groups in total. The predicted octanol–water partition coefficient (Wildman–Crippen LogP) is 3.60. The van der Waals surface area contributed by atoms with Gasteiger partial charge in [0.2, 0.25) is 0 Å². The van der Waals surface area contributed by atoms with Crippen molar-refractivity contribution in [1.29, 1.82) is 0 Å². The summed E-state index contributed by atoms with van der Waals surface area (Å²) < 4.78 is 0. The molecule has 0 atom stereocenters. The van der Waals surface area contributed by atoms with Gasteiger partial charge >= 0.3 is 0 Å². The van der Waals surface area contributed by atoms with Gasteiger partial charge in [-0.1, -0.05) is 13.8 Å². The molecule has 0 aliphatic rings. The van der Waals surface area contributed by atoms with Crippen molar-refractivity contribution in [3.63, 3.8) is 0 Å². The van der Waals surface area contributed by atoms with Crippen molar-refractivity contribution in [2.45, 2.75) is 27.7 Å². The second kappa shape index (κ2) is 5.43. The molecule has 0 bridgehead atoms. The molecule has 1 heterocycles. The number of hydrogen-bond donors (Lipinski definition) is 1. The normalized spacial score (nSPS) is 9.65. The number of Topliss-reactive ketones (excluding diaryl/α,β-unsaturated/α-hetero) is 2. The second-order valence-corrected chi connectivity index (χ2v) is 3.60.